The predicted molar refractivity (Wildman–Crippen MR) is 67.4 cm³/mol. The van der Waals surface area contributed by atoms with Gasteiger partial charge in [0, 0.05) is 0 Å². The largest absolute Gasteiger partial charge is 0.480 e. The molecule has 2 N–H and O–H groups in total. The molecule has 0 atom stereocenters. The molecule has 1 heterocycles. The van der Waals surface area contributed by atoms with Crippen LogP contribution in [-0.2, 0) is 14.4 Å². The molecule has 108 valence electrons. The van der Waals surface area contributed by atoms with Gasteiger partial charge in [0.2, 0.25) is 5.91 Å². The number of nitrogens with zero attached hydrogens (tertiary/aromatic N) is 2. The van der Waals surface area contributed by atoms with Crippen LogP contribution in [0.25, 0.3) is 0 Å². The summed E-state index contributed by atoms with van der Waals surface area (Å²) in [4.78, 5) is 48.0. The zero-order valence-corrected chi connectivity index (χ0v) is 11.2. The number of urea groups is 1. The molecule has 0 unspecified atom stereocenters. The number of carbonyl (C=O) groups excluding carboxylic acids is 3. The highest BCUT2D eigenvalue weighted by atomic mass is 16.4. The maximum absolute atomic E-state index is 12.3. The molecule has 0 bridgehead atoms. The van der Waals surface area contributed by atoms with Gasteiger partial charge in [-0.15, -0.1) is 6.42 Å². The third-order valence-electron chi connectivity index (χ3n) is 2.89. The Bertz CT molecular complexity index is 506. The molecule has 0 aromatic carbocycles. The zero-order chi connectivity index (χ0) is 15.5. The Hall–Kier alpha value is -2.56. The molecule has 8 nitrogen and oxygen atoms in total. The Kier molecular flexibility index (Phi) is 4.34. The van der Waals surface area contributed by atoms with E-state index in [9.17, 15) is 19.2 Å². The summed E-state index contributed by atoms with van der Waals surface area (Å²) in [7, 11) is 0. The van der Waals surface area contributed by atoms with Crippen LogP contribution in [0.5, 0.6) is 0 Å². The molecule has 0 aromatic heterocycles. The summed E-state index contributed by atoms with van der Waals surface area (Å²) in [5.41, 5.74) is -1.27. The van der Waals surface area contributed by atoms with E-state index in [1.54, 1.807) is 0 Å². The third kappa shape index (κ3) is 3.06. The lowest BCUT2D eigenvalue weighted by molar-refractivity contribution is -0.143. The number of amides is 4. The van der Waals surface area contributed by atoms with E-state index < -0.39 is 35.9 Å². The van der Waals surface area contributed by atoms with E-state index in [-0.39, 0.29) is 13.1 Å². The first-order valence-electron chi connectivity index (χ1n) is 5.76. The van der Waals surface area contributed by atoms with Gasteiger partial charge in [0.15, 0.2) is 0 Å². The maximum Gasteiger partial charge on any atom is 0.323 e. The number of carboxylic acid groups (broad SMARTS) is 1. The monoisotopic (exact) mass is 281 g/mol. The van der Waals surface area contributed by atoms with Crippen molar-refractivity contribution in [3.05, 3.63) is 0 Å². The van der Waals surface area contributed by atoms with Gasteiger partial charge in [-0.1, -0.05) is 5.92 Å². The fourth-order valence-electron chi connectivity index (χ4n) is 1.73. The SMILES string of the molecule is C#CCN(CC(=O)O)C(=O)N1CC(=O)NC(=O)C1(C)C. The van der Waals surface area contributed by atoms with Gasteiger partial charge in [-0.3, -0.25) is 19.7 Å². The summed E-state index contributed by atoms with van der Waals surface area (Å²) in [5.74, 6) is -0.317. The second-order valence-electron chi connectivity index (χ2n) is 4.76. The summed E-state index contributed by atoms with van der Waals surface area (Å²) in [5, 5.41) is 10.9. The average Bonchev–Trinajstić information content (AvgIpc) is 2.32. The second kappa shape index (κ2) is 5.61. The normalized spacial score (nSPS) is 17.1. The average molecular weight is 281 g/mol. The summed E-state index contributed by atoms with van der Waals surface area (Å²) >= 11 is 0. The van der Waals surface area contributed by atoms with Crippen LogP contribution < -0.4 is 5.32 Å². The Morgan fingerprint density at radius 3 is 2.60 bits per heavy atom. The number of imide groups is 1. The smallest absolute Gasteiger partial charge is 0.323 e. The Balaban J connectivity index is 3.02. The summed E-state index contributed by atoms with van der Waals surface area (Å²) in [6.45, 7) is 1.75. The number of rotatable bonds is 3. The second-order valence-corrected chi connectivity index (χ2v) is 4.76. The molecule has 1 aliphatic rings. The molecule has 1 rings (SSSR count). The molecule has 1 saturated heterocycles. The molecule has 0 aromatic rings. The Labute approximate surface area is 115 Å². The summed E-state index contributed by atoms with van der Waals surface area (Å²) in [6, 6.07) is -0.765. The van der Waals surface area contributed by atoms with Gasteiger partial charge in [-0.05, 0) is 13.8 Å². The van der Waals surface area contributed by atoms with Gasteiger partial charge in [-0.25, -0.2) is 4.79 Å². The standard InChI is InChI=1S/C12H15N3O5/c1-4-5-14(7-9(17)18)11(20)15-6-8(16)13-10(19)12(15,2)3/h1H,5-7H2,2-3H3,(H,17,18)(H,13,16,19). The fourth-order valence-corrected chi connectivity index (χ4v) is 1.73. The van der Waals surface area contributed by atoms with Gasteiger partial charge in [-0.2, -0.15) is 0 Å². The Morgan fingerprint density at radius 1 is 1.50 bits per heavy atom. The van der Waals surface area contributed by atoms with E-state index in [0.717, 1.165) is 9.80 Å². The van der Waals surface area contributed by atoms with Crippen LogP contribution >= 0.6 is 0 Å². The number of carbonyl (C=O) groups is 4. The molecule has 4 amide bonds. The van der Waals surface area contributed by atoms with Crippen LogP contribution in [0.15, 0.2) is 0 Å². The Morgan fingerprint density at radius 2 is 2.10 bits per heavy atom. The van der Waals surface area contributed by atoms with Crippen molar-refractivity contribution in [3.63, 3.8) is 0 Å². The van der Waals surface area contributed by atoms with Gasteiger partial charge in [0.1, 0.15) is 18.6 Å². The van der Waals surface area contributed by atoms with E-state index in [1.165, 1.54) is 13.8 Å². The first-order chi connectivity index (χ1) is 9.20. The number of nitrogens with one attached hydrogen (secondary N) is 1. The lowest BCUT2D eigenvalue weighted by Crippen LogP contribution is -2.67. The minimum absolute atomic E-state index is 0.229. The van der Waals surface area contributed by atoms with E-state index >= 15 is 0 Å². The number of piperazine rings is 1. The van der Waals surface area contributed by atoms with Crippen molar-refractivity contribution < 1.29 is 24.3 Å². The highest BCUT2D eigenvalue weighted by Gasteiger charge is 2.45. The highest BCUT2D eigenvalue weighted by Crippen LogP contribution is 2.20. The van der Waals surface area contributed by atoms with Crippen LogP contribution in [-0.4, -0.2) is 63.9 Å². The maximum atomic E-state index is 12.3. The van der Waals surface area contributed by atoms with Crippen molar-refractivity contribution in [1.82, 2.24) is 15.1 Å². The molecule has 0 saturated carbocycles. The first kappa shape index (κ1) is 15.5. The van der Waals surface area contributed by atoms with Gasteiger partial charge in [0.25, 0.3) is 5.91 Å². The molecular weight excluding hydrogens is 266 g/mol. The number of hydrogen-bond donors (Lipinski definition) is 2. The topological polar surface area (TPSA) is 107 Å². The van der Waals surface area contributed by atoms with Crippen molar-refractivity contribution in [3.8, 4) is 12.3 Å². The molecule has 8 heteroatoms. The zero-order valence-electron chi connectivity index (χ0n) is 11.2. The lowest BCUT2D eigenvalue weighted by Gasteiger charge is -2.41. The van der Waals surface area contributed by atoms with Crippen molar-refractivity contribution in [2.24, 2.45) is 0 Å². The van der Waals surface area contributed by atoms with E-state index in [1.807, 2.05) is 0 Å². The van der Waals surface area contributed by atoms with E-state index in [2.05, 4.69) is 11.2 Å². The molecule has 0 aliphatic carbocycles. The van der Waals surface area contributed by atoms with Crippen LogP contribution in [0.4, 0.5) is 4.79 Å². The minimum atomic E-state index is -1.27. The van der Waals surface area contributed by atoms with Crippen molar-refractivity contribution in [1.29, 1.82) is 0 Å². The molecule has 0 radical (unpaired) electrons. The summed E-state index contributed by atoms with van der Waals surface area (Å²) < 4.78 is 0. The van der Waals surface area contributed by atoms with Gasteiger partial charge >= 0.3 is 12.0 Å². The lowest BCUT2D eigenvalue weighted by atomic mass is 9.99. The van der Waals surface area contributed by atoms with Gasteiger partial charge in [0.05, 0.1) is 6.54 Å². The number of aliphatic carboxylic acids is 1. The van der Waals surface area contributed by atoms with Crippen molar-refractivity contribution in [2.75, 3.05) is 19.6 Å². The van der Waals surface area contributed by atoms with Crippen LogP contribution in [0.3, 0.4) is 0 Å². The molecular formula is C12H15N3O5. The molecule has 0 spiro atoms. The number of carboxylic acids is 1. The van der Waals surface area contributed by atoms with E-state index in [0.29, 0.717) is 0 Å². The van der Waals surface area contributed by atoms with Crippen LogP contribution in [0.1, 0.15) is 13.8 Å². The van der Waals surface area contributed by atoms with Gasteiger partial charge < -0.3 is 14.9 Å². The number of hydrogen-bond acceptors (Lipinski definition) is 4. The number of terminal acetylenes is 1. The minimum Gasteiger partial charge on any atom is -0.480 e. The van der Waals surface area contributed by atoms with Crippen LogP contribution in [0.2, 0.25) is 0 Å². The quantitative estimate of drug-likeness (QED) is 0.502. The molecule has 20 heavy (non-hydrogen) atoms. The fraction of sp³-hybridized carbons (Fsp3) is 0.500. The third-order valence-corrected chi connectivity index (χ3v) is 2.89. The predicted octanol–water partition coefficient (Wildman–Crippen LogP) is -1.14. The van der Waals surface area contributed by atoms with Crippen molar-refractivity contribution >= 4 is 23.8 Å². The van der Waals surface area contributed by atoms with Crippen LogP contribution in [0, 0.1) is 12.3 Å². The first-order valence-corrected chi connectivity index (χ1v) is 5.76. The summed E-state index contributed by atoms with van der Waals surface area (Å²) in [6.07, 6.45) is 5.09. The van der Waals surface area contributed by atoms with Crippen molar-refractivity contribution in [2.45, 2.75) is 19.4 Å². The molecule has 1 fully saturated rings. The van der Waals surface area contributed by atoms with E-state index in [4.69, 9.17) is 11.5 Å². The molecule has 1 aliphatic heterocycles. The highest BCUT2D eigenvalue weighted by molar-refractivity contribution is 6.06.